The van der Waals surface area contributed by atoms with Crippen LogP contribution in [0.15, 0.2) is 24.3 Å². The number of nitrogens with one attached hydrogen (secondary N) is 1. The predicted octanol–water partition coefficient (Wildman–Crippen LogP) is 1.38. The summed E-state index contributed by atoms with van der Waals surface area (Å²) in [6.07, 6.45) is 5.82. The Morgan fingerprint density at radius 3 is 2.50 bits per heavy atom. The van der Waals surface area contributed by atoms with E-state index in [1.54, 1.807) is 24.3 Å². The lowest BCUT2D eigenvalue weighted by atomic mass is 9.94. The fourth-order valence-corrected chi connectivity index (χ4v) is 3.59. The van der Waals surface area contributed by atoms with E-state index in [0.29, 0.717) is 23.8 Å². The number of aliphatic hydroxyl groups is 1. The number of aliphatic hydroxyl groups excluding tert-OH is 1. The second kappa shape index (κ2) is 6.67. The molecule has 0 unspecified atom stereocenters. The number of carbonyl (C=O) groups is 1. The molecule has 1 aliphatic carbocycles. The van der Waals surface area contributed by atoms with E-state index < -0.39 is 6.10 Å². The van der Waals surface area contributed by atoms with Crippen molar-refractivity contribution in [3.63, 3.8) is 0 Å². The summed E-state index contributed by atoms with van der Waals surface area (Å²) in [5, 5.41) is 13.2. The Morgan fingerprint density at radius 1 is 1.14 bits per heavy atom. The van der Waals surface area contributed by atoms with E-state index in [9.17, 15) is 9.90 Å². The van der Waals surface area contributed by atoms with Crippen LogP contribution < -0.4 is 11.1 Å². The lowest BCUT2D eigenvalue weighted by Gasteiger charge is -2.30. The number of nitrogen functional groups attached to an aromatic ring is 1. The Bertz CT molecular complexity index is 511. The zero-order chi connectivity index (χ0) is 15.5. The first-order chi connectivity index (χ1) is 10.6. The minimum absolute atomic E-state index is 0.144. The Morgan fingerprint density at radius 2 is 1.82 bits per heavy atom. The molecule has 5 nitrogen and oxygen atoms in total. The summed E-state index contributed by atoms with van der Waals surface area (Å²) in [5.41, 5.74) is 6.86. The van der Waals surface area contributed by atoms with Gasteiger partial charge in [0.25, 0.3) is 5.91 Å². The summed E-state index contributed by atoms with van der Waals surface area (Å²) < 4.78 is 0. The van der Waals surface area contributed by atoms with Gasteiger partial charge in [-0.3, -0.25) is 9.69 Å². The lowest BCUT2D eigenvalue weighted by molar-refractivity contribution is 0.0887. The first-order valence-electron chi connectivity index (χ1n) is 8.22. The van der Waals surface area contributed by atoms with Gasteiger partial charge in [-0.05, 0) is 37.1 Å². The summed E-state index contributed by atoms with van der Waals surface area (Å²) in [6, 6.07) is 7.24. The maximum atomic E-state index is 12.3. The topological polar surface area (TPSA) is 78.6 Å². The molecular weight excluding hydrogens is 278 g/mol. The fourth-order valence-electron chi connectivity index (χ4n) is 3.59. The van der Waals surface area contributed by atoms with Crippen molar-refractivity contribution in [2.45, 2.75) is 50.3 Å². The van der Waals surface area contributed by atoms with Gasteiger partial charge in [0.05, 0.1) is 12.1 Å². The van der Waals surface area contributed by atoms with Crippen molar-refractivity contribution in [1.29, 1.82) is 0 Å². The Kier molecular flexibility index (Phi) is 4.64. The van der Waals surface area contributed by atoms with Gasteiger partial charge in [0.15, 0.2) is 0 Å². The maximum Gasteiger partial charge on any atom is 0.251 e. The SMILES string of the molecule is Nc1ccc(C(=O)N[C@H]2CN(C3CCCCC3)C[C@@H]2O)cc1. The summed E-state index contributed by atoms with van der Waals surface area (Å²) in [7, 11) is 0. The molecule has 0 spiro atoms. The molecule has 1 aromatic carbocycles. The number of nitrogens with zero attached hydrogens (tertiary/aromatic N) is 1. The molecule has 1 aromatic rings. The fraction of sp³-hybridized carbons (Fsp3) is 0.588. The van der Waals surface area contributed by atoms with Crippen molar-refractivity contribution in [2.24, 2.45) is 0 Å². The quantitative estimate of drug-likeness (QED) is 0.737. The molecule has 2 atom stereocenters. The number of rotatable bonds is 3. The van der Waals surface area contributed by atoms with Crippen LogP contribution in [0.2, 0.25) is 0 Å². The molecule has 22 heavy (non-hydrogen) atoms. The van der Waals surface area contributed by atoms with Crippen LogP contribution >= 0.6 is 0 Å². The molecule has 0 bridgehead atoms. The molecule has 0 radical (unpaired) electrons. The van der Waals surface area contributed by atoms with E-state index in [2.05, 4.69) is 10.2 Å². The molecule has 1 saturated heterocycles. The van der Waals surface area contributed by atoms with Gasteiger partial charge in [-0.15, -0.1) is 0 Å². The van der Waals surface area contributed by atoms with Crippen molar-refractivity contribution in [1.82, 2.24) is 10.2 Å². The molecule has 5 heteroatoms. The van der Waals surface area contributed by atoms with Crippen LogP contribution in [0.3, 0.4) is 0 Å². The van der Waals surface area contributed by atoms with Crippen molar-refractivity contribution in [3.8, 4) is 0 Å². The monoisotopic (exact) mass is 303 g/mol. The Labute approximate surface area is 131 Å². The first kappa shape index (κ1) is 15.3. The van der Waals surface area contributed by atoms with Crippen molar-refractivity contribution in [2.75, 3.05) is 18.8 Å². The van der Waals surface area contributed by atoms with Gasteiger partial charge in [0.2, 0.25) is 0 Å². The zero-order valence-electron chi connectivity index (χ0n) is 12.9. The summed E-state index contributed by atoms with van der Waals surface area (Å²) in [5.74, 6) is -0.144. The second-order valence-electron chi connectivity index (χ2n) is 6.52. The van der Waals surface area contributed by atoms with Crippen molar-refractivity contribution < 1.29 is 9.90 Å². The van der Waals surface area contributed by atoms with Crippen molar-refractivity contribution in [3.05, 3.63) is 29.8 Å². The molecule has 4 N–H and O–H groups in total. The normalized spacial score (nSPS) is 27.0. The largest absolute Gasteiger partial charge is 0.399 e. The second-order valence-corrected chi connectivity index (χ2v) is 6.52. The highest BCUT2D eigenvalue weighted by Gasteiger charge is 2.36. The third-order valence-corrected chi connectivity index (χ3v) is 4.90. The van der Waals surface area contributed by atoms with Gasteiger partial charge in [-0.2, -0.15) is 0 Å². The lowest BCUT2D eigenvalue weighted by Crippen LogP contribution is -2.43. The van der Waals surface area contributed by atoms with Crippen LogP contribution in [0.5, 0.6) is 0 Å². The van der Waals surface area contributed by atoms with Gasteiger partial charge >= 0.3 is 0 Å². The first-order valence-corrected chi connectivity index (χ1v) is 8.22. The Balaban J connectivity index is 1.58. The molecule has 120 valence electrons. The minimum Gasteiger partial charge on any atom is -0.399 e. The molecule has 1 heterocycles. The summed E-state index contributed by atoms with van der Waals surface area (Å²) in [4.78, 5) is 14.6. The highest BCUT2D eigenvalue weighted by atomic mass is 16.3. The zero-order valence-corrected chi connectivity index (χ0v) is 12.9. The number of likely N-dealkylation sites (tertiary alicyclic amines) is 1. The maximum absolute atomic E-state index is 12.3. The number of hydrogen-bond acceptors (Lipinski definition) is 4. The van der Waals surface area contributed by atoms with Crippen LogP contribution in [-0.2, 0) is 0 Å². The van der Waals surface area contributed by atoms with Gasteiger partial charge in [-0.25, -0.2) is 0 Å². The van der Waals surface area contributed by atoms with E-state index in [1.165, 1.54) is 32.1 Å². The van der Waals surface area contributed by atoms with Crippen LogP contribution in [0.25, 0.3) is 0 Å². The molecule has 2 fully saturated rings. The van der Waals surface area contributed by atoms with Gasteiger partial charge in [0, 0.05) is 30.4 Å². The smallest absolute Gasteiger partial charge is 0.251 e. The third-order valence-electron chi connectivity index (χ3n) is 4.90. The minimum atomic E-state index is -0.486. The van der Waals surface area contributed by atoms with E-state index in [0.717, 1.165) is 6.54 Å². The molecule has 1 saturated carbocycles. The molecule has 1 amide bonds. The highest BCUT2D eigenvalue weighted by molar-refractivity contribution is 5.94. The van der Waals surface area contributed by atoms with Crippen LogP contribution in [0, 0.1) is 0 Å². The number of benzene rings is 1. The van der Waals surface area contributed by atoms with E-state index in [1.807, 2.05) is 0 Å². The predicted molar refractivity (Wildman–Crippen MR) is 86.6 cm³/mol. The molecular formula is C17H25N3O2. The van der Waals surface area contributed by atoms with Crippen LogP contribution in [0.4, 0.5) is 5.69 Å². The van der Waals surface area contributed by atoms with Gasteiger partial charge in [-0.1, -0.05) is 19.3 Å². The molecule has 0 aromatic heterocycles. The summed E-state index contributed by atoms with van der Waals surface area (Å²) >= 11 is 0. The number of hydrogen-bond donors (Lipinski definition) is 3. The van der Waals surface area contributed by atoms with E-state index in [4.69, 9.17) is 5.73 Å². The molecule has 2 aliphatic rings. The average molecular weight is 303 g/mol. The van der Waals surface area contributed by atoms with E-state index >= 15 is 0 Å². The van der Waals surface area contributed by atoms with E-state index in [-0.39, 0.29) is 11.9 Å². The molecule has 1 aliphatic heterocycles. The standard InChI is InChI=1S/C17H25N3O2/c18-13-8-6-12(7-9-13)17(22)19-15-10-20(11-16(15)21)14-4-2-1-3-5-14/h6-9,14-16,21H,1-5,10-11,18H2,(H,19,22)/t15-,16-/m0/s1. The highest BCUT2D eigenvalue weighted by Crippen LogP contribution is 2.26. The van der Waals surface area contributed by atoms with Crippen LogP contribution in [-0.4, -0.2) is 47.2 Å². The number of nitrogens with two attached hydrogens (primary N) is 1. The average Bonchev–Trinajstić information content (AvgIpc) is 2.90. The third kappa shape index (κ3) is 3.42. The Hall–Kier alpha value is -1.59. The summed E-state index contributed by atoms with van der Waals surface area (Å²) in [6.45, 7) is 1.41. The number of carbonyl (C=O) groups excluding carboxylic acids is 1. The van der Waals surface area contributed by atoms with Gasteiger partial charge < -0.3 is 16.2 Å². The van der Waals surface area contributed by atoms with Gasteiger partial charge in [0.1, 0.15) is 0 Å². The van der Waals surface area contributed by atoms with Crippen LogP contribution in [0.1, 0.15) is 42.5 Å². The number of β-amino-alcohol motifs (C(OH)–C–C–N with tert-alkyl or cyclic N) is 1. The number of amides is 1. The van der Waals surface area contributed by atoms with Crippen molar-refractivity contribution >= 4 is 11.6 Å². The number of anilines is 1. The molecule has 3 rings (SSSR count).